The third-order valence-electron chi connectivity index (χ3n) is 6.35. The van der Waals surface area contributed by atoms with E-state index in [4.69, 9.17) is 4.98 Å². The molecule has 2 aromatic rings. The number of hydrogen-bond donors (Lipinski definition) is 0. The van der Waals surface area contributed by atoms with E-state index in [1.165, 1.54) is 17.7 Å². The molecule has 1 aliphatic carbocycles. The molecule has 2 saturated heterocycles. The van der Waals surface area contributed by atoms with Gasteiger partial charge in [0, 0.05) is 37.2 Å². The first kappa shape index (κ1) is 16.5. The zero-order valence-corrected chi connectivity index (χ0v) is 15.7. The average molecular weight is 360 g/mol. The fourth-order valence-electron chi connectivity index (χ4n) is 4.94. The van der Waals surface area contributed by atoms with Gasteiger partial charge in [-0.05, 0) is 62.6 Å². The van der Waals surface area contributed by atoms with E-state index < -0.39 is 0 Å². The monoisotopic (exact) mass is 360 g/mol. The molecule has 27 heavy (non-hydrogen) atoms. The first-order chi connectivity index (χ1) is 13.2. The van der Waals surface area contributed by atoms with Gasteiger partial charge >= 0.3 is 0 Å². The quantitative estimate of drug-likeness (QED) is 0.820. The first-order valence-corrected chi connectivity index (χ1v) is 9.97. The Morgan fingerprint density at radius 1 is 1.19 bits per heavy atom. The Labute approximate surface area is 159 Å². The lowest BCUT2D eigenvalue weighted by Crippen LogP contribution is -2.49. The number of piperidine rings is 1. The predicted octanol–water partition coefficient (Wildman–Crippen LogP) is 2.65. The summed E-state index contributed by atoms with van der Waals surface area (Å²) in [6.07, 6.45) is 7.41. The Hall–Kier alpha value is -2.68. The zero-order valence-electron chi connectivity index (χ0n) is 15.7. The Morgan fingerprint density at radius 3 is 2.93 bits per heavy atom. The van der Waals surface area contributed by atoms with Crippen molar-refractivity contribution in [3.63, 3.8) is 0 Å². The lowest BCUT2D eigenvalue weighted by Gasteiger charge is -2.39. The molecule has 0 radical (unpaired) electrons. The molecule has 2 unspecified atom stereocenters. The number of rotatable bonds is 2. The number of pyridine rings is 1. The molecule has 2 aromatic heterocycles. The summed E-state index contributed by atoms with van der Waals surface area (Å²) in [5.74, 6) is 2.38. The van der Waals surface area contributed by atoms with Gasteiger partial charge in [-0.15, -0.1) is 0 Å². The van der Waals surface area contributed by atoms with Crippen LogP contribution in [0.5, 0.6) is 0 Å². The van der Waals surface area contributed by atoms with Crippen LogP contribution in [0.3, 0.4) is 0 Å². The van der Waals surface area contributed by atoms with Crippen molar-refractivity contribution in [2.75, 3.05) is 29.4 Å². The van der Waals surface area contributed by atoms with Crippen molar-refractivity contribution in [3.8, 4) is 6.07 Å². The van der Waals surface area contributed by atoms with E-state index in [0.717, 1.165) is 68.3 Å². The molecule has 0 aromatic carbocycles. The largest absolute Gasteiger partial charge is 0.350 e. The number of nitrogens with zero attached hydrogens (tertiary/aromatic N) is 6. The van der Waals surface area contributed by atoms with Crippen LogP contribution in [-0.2, 0) is 12.8 Å². The Balaban J connectivity index is 1.46. The van der Waals surface area contributed by atoms with Crippen molar-refractivity contribution in [2.45, 2.75) is 45.1 Å². The van der Waals surface area contributed by atoms with E-state index in [9.17, 15) is 5.26 Å². The van der Waals surface area contributed by atoms with Crippen LogP contribution in [0, 0.1) is 24.2 Å². The van der Waals surface area contributed by atoms with Crippen molar-refractivity contribution >= 4 is 11.8 Å². The maximum Gasteiger partial charge on any atom is 0.225 e. The summed E-state index contributed by atoms with van der Waals surface area (Å²) in [6.45, 7) is 4.89. The molecular weight excluding hydrogens is 336 g/mol. The van der Waals surface area contributed by atoms with Crippen LogP contribution in [0.2, 0.25) is 0 Å². The van der Waals surface area contributed by atoms with Gasteiger partial charge in [0.1, 0.15) is 11.9 Å². The summed E-state index contributed by atoms with van der Waals surface area (Å²) in [5, 5.41) is 9.72. The third-order valence-corrected chi connectivity index (χ3v) is 6.35. The van der Waals surface area contributed by atoms with E-state index in [-0.39, 0.29) is 0 Å². The highest BCUT2D eigenvalue weighted by molar-refractivity contribution is 5.58. The van der Waals surface area contributed by atoms with Gasteiger partial charge in [-0.25, -0.2) is 15.0 Å². The zero-order chi connectivity index (χ0) is 18.4. The molecule has 6 nitrogen and oxygen atoms in total. The van der Waals surface area contributed by atoms with Crippen LogP contribution in [0.15, 0.2) is 18.3 Å². The summed E-state index contributed by atoms with van der Waals surface area (Å²) in [5.41, 5.74) is 4.20. The molecule has 2 aliphatic heterocycles. The van der Waals surface area contributed by atoms with E-state index in [2.05, 4.69) is 31.9 Å². The molecule has 0 amide bonds. The highest BCUT2D eigenvalue weighted by Crippen LogP contribution is 2.37. The van der Waals surface area contributed by atoms with E-state index in [0.29, 0.717) is 12.0 Å². The molecule has 2 fully saturated rings. The SMILES string of the molecule is Cc1ccnc(N2CCC3CCN(c4nc5c(cc4C#N)CCC5)C3C2)n1. The minimum absolute atomic E-state index is 0.377. The van der Waals surface area contributed by atoms with E-state index >= 15 is 0 Å². The van der Waals surface area contributed by atoms with Gasteiger partial charge in [-0.2, -0.15) is 5.26 Å². The first-order valence-electron chi connectivity index (χ1n) is 9.97. The number of fused-ring (bicyclic) bond motifs is 2. The van der Waals surface area contributed by atoms with Crippen LogP contribution in [-0.4, -0.2) is 40.6 Å². The lowest BCUT2D eigenvalue weighted by atomic mass is 9.92. The summed E-state index contributed by atoms with van der Waals surface area (Å²) in [4.78, 5) is 18.8. The highest BCUT2D eigenvalue weighted by atomic mass is 15.3. The molecule has 0 bridgehead atoms. The fourth-order valence-corrected chi connectivity index (χ4v) is 4.94. The third kappa shape index (κ3) is 2.82. The van der Waals surface area contributed by atoms with Crippen molar-refractivity contribution in [1.29, 1.82) is 5.26 Å². The second-order valence-electron chi connectivity index (χ2n) is 7.97. The maximum absolute atomic E-state index is 9.72. The lowest BCUT2D eigenvalue weighted by molar-refractivity contribution is 0.386. The van der Waals surface area contributed by atoms with Crippen LogP contribution in [0.4, 0.5) is 11.8 Å². The second kappa shape index (κ2) is 6.49. The highest BCUT2D eigenvalue weighted by Gasteiger charge is 2.40. The summed E-state index contributed by atoms with van der Waals surface area (Å²) in [6, 6.07) is 6.80. The van der Waals surface area contributed by atoms with Crippen LogP contribution < -0.4 is 9.80 Å². The van der Waals surface area contributed by atoms with Gasteiger partial charge in [-0.1, -0.05) is 0 Å². The average Bonchev–Trinajstić information content (AvgIpc) is 3.32. The van der Waals surface area contributed by atoms with Gasteiger partial charge in [0.05, 0.1) is 11.6 Å². The van der Waals surface area contributed by atoms with E-state index in [1.807, 2.05) is 19.2 Å². The smallest absolute Gasteiger partial charge is 0.225 e. The Bertz CT molecular complexity index is 917. The summed E-state index contributed by atoms with van der Waals surface area (Å²) >= 11 is 0. The van der Waals surface area contributed by atoms with Gasteiger partial charge in [-0.3, -0.25) is 0 Å². The molecule has 3 aliphatic rings. The second-order valence-corrected chi connectivity index (χ2v) is 7.97. The molecule has 2 atom stereocenters. The van der Waals surface area contributed by atoms with Crippen LogP contribution in [0.25, 0.3) is 0 Å². The van der Waals surface area contributed by atoms with Gasteiger partial charge in [0.15, 0.2) is 0 Å². The molecule has 0 N–H and O–H groups in total. The van der Waals surface area contributed by atoms with Crippen molar-refractivity contribution in [2.24, 2.45) is 5.92 Å². The van der Waals surface area contributed by atoms with Gasteiger partial charge < -0.3 is 9.80 Å². The molecule has 5 rings (SSSR count). The van der Waals surface area contributed by atoms with Crippen molar-refractivity contribution in [1.82, 2.24) is 15.0 Å². The molecular formula is C21H24N6. The number of hydrogen-bond acceptors (Lipinski definition) is 6. The Kier molecular flexibility index (Phi) is 3.96. The van der Waals surface area contributed by atoms with E-state index in [1.54, 1.807) is 0 Å². The molecule has 0 saturated carbocycles. The van der Waals surface area contributed by atoms with Gasteiger partial charge in [0.2, 0.25) is 5.95 Å². The topological polar surface area (TPSA) is 68.9 Å². The number of anilines is 2. The molecule has 6 heteroatoms. The van der Waals surface area contributed by atoms with Crippen molar-refractivity contribution < 1.29 is 0 Å². The molecule has 138 valence electrons. The van der Waals surface area contributed by atoms with Gasteiger partial charge in [0.25, 0.3) is 0 Å². The minimum Gasteiger partial charge on any atom is -0.350 e. The number of aromatic nitrogens is 3. The fraction of sp³-hybridized carbons (Fsp3) is 0.524. The normalized spacial score (nSPS) is 23.9. The summed E-state index contributed by atoms with van der Waals surface area (Å²) in [7, 11) is 0. The maximum atomic E-state index is 9.72. The minimum atomic E-state index is 0.377. The standard InChI is InChI=1S/C21H24N6/c1-14-5-8-23-21(24-14)26-9-6-15-7-10-27(19(15)13-26)20-17(12-22)11-16-3-2-4-18(16)25-20/h5,8,11,15,19H,2-4,6-7,9-10,13H2,1H3. The van der Waals surface area contributed by atoms with Crippen LogP contribution >= 0.6 is 0 Å². The van der Waals surface area contributed by atoms with Crippen molar-refractivity contribution in [3.05, 3.63) is 40.8 Å². The Morgan fingerprint density at radius 2 is 2.07 bits per heavy atom. The molecule has 4 heterocycles. The summed E-state index contributed by atoms with van der Waals surface area (Å²) < 4.78 is 0. The van der Waals surface area contributed by atoms with Crippen LogP contribution in [0.1, 0.15) is 41.8 Å². The number of aryl methyl sites for hydroxylation is 3. The number of nitriles is 1. The molecule has 0 spiro atoms. The predicted molar refractivity (Wildman–Crippen MR) is 104 cm³/mol.